The van der Waals surface area contributed by atoms with E-state index in [0.717, 1.165) is 22.7 Å². The predicted octanol–water partition coefficient (Wildman–Crippen LogP) is 4.25. The number of benzene rings is 1. The summed E-state index contributed by atoms with van der Waals surface area (Å²) in [6, 6.07) is 15.1. The highest BCUT2D eigenvalue weighted by molar-refractivity contribution is 8.02. The molecule has 1 heterocycles. The van der Waals surface area contributed by atoms with E-state index in [1.807, 2.05) is 66.6 Å². The fourth-order valence-corrected chi connectivity index (χ4v) is 3.82. The van der Waals surface area contributed by atoms with Gasteiger partial charge in [0.15, 0.2) is 0 Å². The summed E-state index contributed by atoms with van der Waals surface area (Å²) in [5.74, 6) is -0.374. The SMILES string of the molecule is CC/C=C(/C=C(\C)N(CCc1ccccn1)/C(CN)=C(\N)C(=O)Nc1ccccc1)SC. The Balaban J connectivity index is 2.38. The van der Waals surface area contributed by atoms with Gasteiger partial charge in [0.25, 0.3) is 5.91 Å². The first kappa shape index (κ1) is 25.2. The Kier molecular flexibility index (Phi) is 10.6. The molecule has 0 fully saturated rings. The van der Waals surface area contributed by atoms with Crippen LogP contribution in [0.2, 0.25) is 0 Å². The fraction of sp³-hybridized carbons (Fsp3) is 0.280. The lowest BCUT2D eigenvalue weighted by Gasteiger charge is -2.29. The van der Waals surface area contributed by atoms with E-state index in [1.165, 1.54) is 0 Å². The summed E-state index contributed by atoms with van der Waals surface area (Å²) < 4.78 is 0. The summed E-state index contributed by atoms with van der Waals surface area (Å²) >= 11 is 1.68. The van der Waals surface area contributed by atoms with Crippen LogP contribution in [0.3, 0.4) is 0 Å². The number of rotatable bonds is 11. The minimum atomic E-state index is -0.374. The second-order valence-corrected chi connectivity index (χ2v) is 7.99. The summed E-state index contributed by atoms with van der Waals surface area (Å²) in [4.78, 5) is 20.5. The molecule has 0 atom stereocenters. The molecule has 0 aliphatic rings. The Morgan fingerprint density at radius 2 is 1.91 bits per heavy atom. The number of thioether (sulfide) groups is 1. The van der Waals surface area contributed by atoms with Crippen molar-refractivity contribution in [2.24, 2.45) is 11.5 Å². The lowest BCUT2D eigenvalue weighted by molar-refractivity contribution is -0.113. The molecule has 7 heteroatoms. The van der Waals surface area contributed by atoms with Gasteiger partial charge < -0.3 is 21.7 Å². The van der Waals surface area contributed by atoms with Gasteiger partial charge in [-0.2, -0.15) is 0 Å². The molecule has 0 spiro atoms. The van der Waals surface area contributed by atoms with Gasteiger partial charge in [-0.05, 0) is 49.9 Å². The smallest absolute Gasteiger partial charge is 0.273 e. The van der Waals surface area contributed by atoms with Crippen molar-refractivity contribution in [3.8, 4) is 0 Å². The van der Waals surface area contributed by atoms with Crippen molar-refractivity contribution in [1.82, 2.24) is 9.88 Å². The van der Waals surface area contributed by atoms with Crippen molar-refractivity contribution in [3.63, 3.8) is 0 Å². The monoisotopic (exact) mass is 451 g/mol. The number of nitrogens with one attached hydrogen (secondary N) is 1. The zero-order chi connectivity index (χ0) is 23.3. The summed E-state index contributed by atoms with van der Waals surface area (Å²) in [5, 5.41) is 2.84. The Morgan fingerprint density at radius 1 is 1.19 bits per heavy atom. The van der Waals surface area contributed by atoms with Gasteiger partial charge in [-0.25, -0.2) is 0 Å². The zero-order valence-corrected chi connectivity index (χ0v) is 19.9. The molecule has 0 aliphatic heterocycles. The molecule has 1 aromatic heterocycles. The summed E-state index contributed by atoms with van der Waals surface area (Å²) in [7, 11) is 0. The third-order valence-electron chi connectivity index (χ3n) is 4.84. The van der Waals surface area contributed by atoms with Crippen molar-refractivity contribution in [2.45, 2.75) is 26.7 Å². The molecule has 0 saturated heterocycles. The molecule has 2 aromatic rings. The highest BCUT2D eigenvalue weighted by Gasteiger charge is 2.19. The molecule has 1 amide bonds. The van der Waals surface area contributed by atoms with Crippen LogP contribution >= 0.6 is 11.8 Å². The first-order chi connectivity index (χ1) is 15.5. The number of hydrogen-bond acceptors (Lipinski definition) is 6. The number of hydrogen-bond donors (Lipinski definition) is 3. The molecule has 1 aromatic carbocycles. The van der Waals surface area contributed by atoms with Gasteiger partial charge in [0.2, 0.25) is 0 Å². The van der Waals surface area contributed by atoms with Crippen LogP contribution in [0.25, 0.3) is 0 Å². The van der Waals surface area contributed by atoms with E-state index in [2.05, 4.69) is 29.4 Å². The van der Waals surface area contributed by atoms with Crippen LogP contribution in [0, 0.1) is 0 Å². The van der Waals surface area contributed by atoms with Crippen molar-refractivity contribution in [1.29, 1.82) is 0 Å². The average Bonchev–Trinajstić information content (AvgIpc) is 2.82. The van der Waals surface area contributed by atoms with E-state index in [4.69, 9.17) is 11.5 Å². The normalized spacial score (nSPS) is 12.9. The molecule has 5 N–H and O–H groups in total. The van der Waals surface area contributed by atoms with Gasteiger partial charge in [0.1, 0.15) is 5.70 Å². The van der Waals surface area contributed by atoms with Crippen LogP contribution in [0.4, 0.5) is 5.69 Å². The molecule has 0 unspecified atom stereocenters. The molecule has 2 rings (SSSR count). The Hall–Kier alpha value is -3.03. The van der Waals surface area contributed by atoms with E-state index in [9.17, 15) is 4.79 Å². The third-order valence-corrected chi connectivity index (χ3v) is 5.60. The summed E-state index contributed by atoms with van der Waals surface area (Å²) in [6.07, 6.45) is 9.72. The predicted molar refractivity (Wildman–Crippen MR) is 136 cm³/mol. The molecular formula is C25H33N5OS. The second-order valence-electron chi connectivity index (χ2n) is 7.11. The molecule has 32 heavy (non-hydrogen) atoms. The maximum absolute atomic E-state index is 12.9. The Bertz CT molecular complexity index is 955. The van der Waals surface area contributed by atoms with Crippen LogP contribution < -0.4 is 16.8 Å². The molecule has 0 radical (unpaired) electrons. The quantitative estimate of drug-likeness (QED) is 0.349. The van der Waals surface area contributed by atoms with Crippen LogP contribution in [0.5, 0.6) is 0 Å². The lowest BCUT2D eigenvalue weighted by atomic mass is 10.2. The molecule has 0 bridgehead atoms. The maximum atomic E-state index is 12.9. The number of para-hydroxylation sites is 1. The number of aromatic nitrogens is 1. The lowest BCUT2D eigenvalue weighted by Crippen LogP contribution is -2.34. The number of pyridine rings is 1. The van der Waals surface area contributed by atoms with Crippen LogP contribution in [0.15, 0.2) is 88.9 Å². The van der Waals surface area contributed by atoms with Crippen LogP contribution in [-0.2, 0) is 11.2 Å². The second kappa shape index (κ2) is 13.4. The van der Waals surface area contributed by atoms with Crippen LogP contribution in [0.1, 0.15) is 26.0 Å². The van der Waals surface area contributed by atoms with Gasteiger partial charge >= 0.3 is 0 Å². The zero-order valence-electron chi connectivity index (χ0n) is 19.0. The molecule has 0 saturated carbocycles. The summed E-state index contributed by atoms with van der Waals surface area (Å²) in [6.45, 7) is 4.85. The van der Waals surface area contributed by atoms with Gasteiger partial charge in [-0.15, -0.1) is 11.8 Å². The van der Waals surface area contributed by atoms with Crippen molar-refractivity contribution >= 4 is 23.4 Å². The van der Waals surface area contributed by atoms with Gasteiger partial charge in [-0.3, -0.25) is 9.78 Å². The number of nitrogens with zero attached hydrogens (tertiary/aromatic N) is 2. The number of anilines is 1. The Morgan fingerprint density at radius 3 is 2.50 bits per heavy atom. The minimum Gasteiger partial charge on any atom is -0.393 e. The first-order valence-corrected chi connectivity index (χ1v) is 11.9. The van der Waals surface area contributed by atoms with E-state index in [0.29, 0.717) is 24.4 Å². The topological polar surface area (TPSA) is 97.3 Å². The molecule has 6 nitrogen and oxygen atoms in total. The van der Waals surface area contributed by atoms with Crippen LogP contribution in [-0.4, -0.2) is 35.1 Å². The number of carbonyl (C=O) groups excluding carboxylic acids is 1. The fourth-order valence-electron chi connectivity index (χ4n) is 3.20. The number of nitrogens with two attached hydrogens (primary N) is 2. The minimum absolute atomic E-state index is 0.107. The maximum Gasteiger partial charge on any atom is 0.273 e. The molecule has 170 valence electrons. The van der Waals surface area contributed by atoms with Gasteiger partial charge in [0, 0.05) is 47.7 Å². The van der Waals surface area contributed by atoms with E-state index in [1.54, 1.807) is 18.0 Å². The van der Waals surface area contributed by atoms with E-state index < -0.39 is 0 Å². The van der Waals surface area contributed by atoms with Crippen molar-refractivity contribution in [2.75, 3.05) is 24.7 Å². The van der Waals surface area contributed by atoms with E-state index in [-0.39, 0.29) is 18.1 Å². The van der Waals surface area contributed by atoms with Crippen molar-refractivity contribution < 1.29 is 4.79 Å². The standard InChI is InChI=1S/C25H33N5OS/c1-4-10-22(32-3)17-19(2)30(16-14-20-11-8-9-15-28-20)23(18-26)24(27)25(31)29-21-12-6-5-7-13-21/h5-13,15,17H,4,14,16,18,26-27H2,1-3H3,(H,29,31)/b19-17+,22-10-,24-23-. The first-order valence-electron chi connectivity index (χ1n) is 10.6. The highest BCUT2D eigenvalue weighted by Crippen LogP contribution is 2.22. The Labute approximate surface area is 195 Å². The number of carbonyl (C=O) groups is 1. The third kappa shape index (κ3) is 7.59. The van der Waals surface area contributed by atoms with Crippen molar-refractivity contribution in [3.05, 3.63) is 94.6 Å². The van der Waals surface area contributed by atoms with Gasteiger partial charge in [0.05, 0.1) is 5.70 Å². The largest absolute Gasteiger partial charge is 0.393 e. The number of allylic oxidation sites excluding steroid dienone is 3. The number of amides is 1. The average molecular weight is 452 g/mol. The highest BCUT2D eigenvalue weighted by atomic mass is 32.2. The summed E-state index contributed by atoms with van der Waals surface area (Å²) in [5.41, 5.74) is 15.7. The van der Waals surface area contributed by atoms with E-state index >= 15 is 0 Å². The molecule has 0 aliphatic carbocycles. The molecular weight excluding hydrogens is 418 g/mol. The van der Waals surface area contributed by atoms with Gasteiger partial charge in [-0.1, -0.05) is 37.3 Å².